The predicted molar refractivity (Wildman–Crippen MR) is 96.5 cm³/mol. The van der Waals surface area contributed by atoms with Crippen molar-refractivity contribution in [2.24, 2.45) is 5.73 Å². The van der Waals surface area contributed by atoms with Crippen LogP contribution in [0.2, 0.25) is 5.02 Å². The number of hydrogen-bond acceptors (Lipinski definition) is 2. The van der Waals surface area contributed by atoms with Crippen molar-refractivity contribution < 1.29 is 19.1 Å². The fourth-order valence-electron chi connectivity index (χ4n) is 3.84. The summed E-state index contributed by atoms with van der Waals surface area (Å²) in [5, 5.41) is 13.1. The second kappa shape index (κ2) is 6.96. The van der Waals surface area contributed by atoms with Crippen LogP contribution in [-0.4, -0.2) is 23.1 Å². The molecule has 2 amide bonds. The van der Waals surface area contributed by atoms with Gasteiger partial charge in [0.15, 0.2) is 0 Å². The minimum absolute atomic E-state index is 0.350. The van der Waals surface area contributed by atoms with Gasteiger partial charge in [-0.2, -0.15) is 0 Å². The Hall–Kier alpha value is -2.60. The first-order valence-electron chi connectivity index (χ1n) is 8.20. The van der Waals surface area contributed by atoms with E-state index >= 15 is 0 Å². The number of carbonyl (C=O) groups is 2. The van der Waals surface area contributed by atoms with Gasteiger partial charge >= 0.3 is 12.0 Å². The fraction of sp³-hybridized carbons (Fsp3) is 0.263. The molecule has 3 rings (SSSR count). The van der Waals surface area contributed by atoms with Crippen LogP contribution >= 0.6 is 11.6 Å². The summed E-state index contributed by atoms with van der Waals surface area (Å²) >= 11 is 6.14. The lowest BCUT2D eigenvalue weighted by atomic mass is 9.73. The maximum Gasteiger partial charge on any atom is 0.316 e. The summed E-state index contributed by atoms with van der Waals surface area (Å²) in [4.78, 5) is 23.8. The van der Waals surface area contributed by atoms with Crippen molar-refractivity contribution in [1.82, 2.24) is 5.32 Å². The average Bonchev–Trinajstić information content (AvgIpc) is 2.99. The van der Waals surface area contributed by atoms with Crippen molar-refractivity contribution in [1.29, 1.82) is 0 Å². The molecule has 136 valence electrons. The molecule has 0 heterocycles. The lowest BCUT2D eigenvalue weighted by molar-refractivity contribution is -0.144. The van der Waals surface area contributed by atoms with Crippen molar-refractivity contribution in [3.8, 4) is 11.1 Å². The van der Waals surface area contributed by atoms with E-state index in [-0.39, 0.29) is 5.82 Å². The molecule has 1 saturated carbocycles. The molecule has 2 aromatic carbocycles. The fourth-order valence-corrected chi connectivity index (χ4v) is 4.01. The van der Waals surface area contributed by atoms with E-state index in [9.17, 15) is 19.1 Å². The number of urea groups is 1. The molecule has 0 aliphatic heterocycles. The zero-order valence-corrected chi connectivity index (χ0v) is 14.6. The SMILES string of the molecule is NC(=O)NC1CCCC1(C(=O)O)c1ccc(Cl)cc1-c1ccc(F)cc1. The molecule has 7 heteroatoms. The van der Waals surface area contributed by atoms with E-state index < -0.39 is 23.5 Å². The van der Waals surface area contributed by atoms with E-state index in [1.54, 1.807) is 30.3 Å². The largest absolute Gasteiger partial charge is 0.481 e. The minimum atomic E-state index is -1.33. The number of amides is 2. The van der Waals surface area contributed by atoms with Crippen molar-refractivity contribution in [3.63, 3.8) is 0 Å². The molecular formula is C19H18ClFN2O3. The molecule has 0 spiro atoms. The Labute approximate surface area is 155 Å². The average molecular weight is 377 g/mol. The van der Waals surface area contributed by atoms with Gasteiger partial charge in [0.05, 0.1) is 6.04 Å². The number of primary amides is 1. The quantitative estimate of drug-likeness (QED) is 0.759. The minimum Gasteiger partial charge on any atom is -0.481 e. The Bertz CT molecular complexity index is 856. The van der Waals surface area contributed by atoms with E-state index in [0.29, 0.717) is 41.0 Å². The number of benzene rings is 2. The number of carbonyl (C=O) groups excluding carboxylic acids is 1. The number of rotatable bonds is 4. The standard InChI is InChI=1S/C19H18ClFN2O3/c20-12-5-8-15(14(10-12)11-3-6-13(21)7-4-11)19(17(24)25)9-1-2-16(19)23-18(22)26/h3-8,10,16H,1-2,9H2,(H,24,25)(H3,22,23,26). The molecule has 26 heavy (non-hydrogen) atoms. The highest BCUT2D eigenvalue weighted by Crippen LogP contribution is 2.46. The normalized spacial score (nSPS) is 22.2. The monoisotopic (exact) mass is 376 g/mol. The van der Waals surface area contributed by atoms with Crippen LogP contribution in [-0.2, 0) is 10.2 Å². The van der Waals surface area contributed by atoms with Crippen LogP contribution in [0.3, 0.4) is 0 Å². The number of aliphatic carboxylic acids is 1. The molecule has 0 radical (unpaired) electrons. The Morgan fingerprint density at radius 2 is 1.92 bits per heavy atom. The smallest absolute Gasteiger partial charge is 0.316 e. The van der Waals surface area contributed by atoms with Crippen LogP contribution in [0.4, 0.5) is 9.18 Å². The van der Waals surface area contributed by atoms with Gasteiger partial charge in [0.25, 0.3) is 0 Å². The Morgan fingerprint density at radius 3 is 2.54 bits per heavy atom. The van der Waals surface area contributed by atoms with Gasteiger partial charge in [-0.3, -0.25) is 4.79 Å². The van der Waals surface area contributed by atoms with Gasteiger partial charge in [-0.15, -0.1) is 0 Å². The maximum absolute atomic E-state index is 13.3. The molecule has 5 nitrogen and oxygen atoms in total. The number of carboxylic acid groups (broad SMARTS) is 1. The second-order valence-corrected chi connectivity index (χ2v) is 6.86. The molecule has 0 bridgehead atoms. The van der Waals surface area contributed by atoms with Crippen LogP contribution in [0, 0.1) is 5.82 Å². The molecule has 0 saturated heterocycles. The second-order valence-electron chi connectivity index (χ2n) is 6.43. The topological polar surface area (TPSA) is 92.4 Å². The van der Waals surface area contributed by atoms with Gasteiger partial charge in [-0.05, 0) is 60.2 Å². The molecule has 1 aliphatic rings. The van der Waals surface area contributed by atoms with Gasteiger partial charge in [0, 0.05) is 5.02 Å². The number of halogens is 2. The Kier molecular flexibility index (Phi) is 4.87. The molecule has 1 fully saturated rings. The van der Waals surface area contributed by atoms with Gasteiger partial charge < -0.3 is 16.2 Å². The summed E-state index contributed by atoms with van der Waals surface area (Å²) in [6.07, 6.45) is 1.48. The summed E-state index contributed by atoms with van der Waals surface area (Å²) in [6, 6.07) is 9.30. The third-order valence-corrected chi connectivity index (χ3v) is 5.21. The van der Waals surface area contributed by atoms with E-state index in [1.807, 2.05) is 0 Å². The molecule has 0 aromatic heterocycles. The maximum atomic E-state index is 13.3. The summed E-state index contributed by atoms with van der Waals surface area (Å²) < 4.78 is 13.3. The zero-order valence-electron chi connectivity index (χ0n) is 13.8. The number of hydrogen-bond donors (Lipinski definition) is 3. The molecular weight excluding hydrogens is 359 g/mol. The molecule has 2 aromatic rings. The summed E-state index contributed by atoms with van der Waals surface area (Å²) in [6.45, 7) is 0. The van der Waals surface area contributed by atoms with Crippen LogP contribution in [0.25, 0.3) is 11.1 Å². The third-order valence-electron chi connectivity index (χ3n) is 4.97. The summed E-state index contributed by atoms with van der Waals surface area (Å²) in [5.74, 6) is -1.43. The van der Waals surface area contributed by atoms with E-state index in [4.69, 9.17) is 17.3 Å². The lowest BCUT2D eigenvalue weighted by Crippen LogP contribution is -2.53. The first-order chi connectivity index (χ1) is 12.3. The predicted octanol–water partition coefficient (Wildman–Crippen LogP) is 3.69. The van der Waals surface area contributed by atoms with Crippen LogP contribution in [0.15, 0.2) is 42.5 Å². The van der Waals surface area contributed by atoms with Gasteiger partial charge in [0.1, 0.15) is 11.2 Å². The zero-order chi connectivity index (χ0) is 18.9. The first kappa shape index (κ1) is 18.2. The first-order valence-corrected chi connectivity index (χ1v) is 8.58. The number of carboxylic acids is 1. The van der Waals surface area contributed by atoms with Crippen molar-refractivity contribution in [2.75, 3.05) is 0 Å². The summed E-state index contributed by atoms with van der Waals surface area (Å²) in [5.41, 5.74) is 5.69. The summed E-state index contributed by atoms with van der Waals surface area (Å²) in [7, 11) is 0. The van der Waals surface area contributed by atoms with Crippen molar-refractivity contribution >= 4 is 23.6 Å². The van der Waals surface area contributed by atoms with Crippen molar-refractivity contribution in [3.05, 3.63) is 58.9 Å². The van der Waals surface area contributed by atoms with E-state index in [0.717, 1.165) is 0 Å². The van der Waals surface area contributed by atoms with Gasteiger partial charge in [-0.1, -0.05) is 29.8 Å². The van der Waals surface area contributed by atoms with Gasteiger partial charge in [0.2, 0.25) is 0 Å². The van der Waals surface area contributed by atoms with Gasteiger partial charge in [-0.25, -0.2) is 9.18 Å². The molecule has 1 aliphatic carbocycles. The third kappa shape index (κ3) is 3.12. The molecule has 4 N–H and O–H groups in total. The van der Waals surface area contributed by atoms with Crippen molar-refractivity contribution in [2.45, 2.75) is 30.7 Å². The Balaban J connectivity index is 2.21. The van der Waals surface area contributed by atoms with Crippen LogP contribution in [0.1, 0.15) is 24.8 Å². The van der Waals surface area contributed by atoms with E-state index in [1.165, 1.54) is 12.1 Å². The van der Waals surface area contributed by atoms with Crippen LogP contribution < -0.4 is 11.1 Å². The van der Waals surface area contributed by atoms with E-state index in [2.05, 4.69) is 5.32 Å². The highest BCUT2D eigenvalue weighted by atomic mass is 35.5. The van der Waals surface area contributed by atoms with Crippen LogP contribution in [0.5, 0.6) is 0 Å². The Morgan fingerprint density at radius 1 is 1.23 bits per heavy atom. The molecule has 2 atom stereocenters. The molecule has 2 unspecified atom stereocenters. The highest BCUT2D eigenvalue weighted by molar-refractivity contribution is 6.31. The highest BCUT2D eigenvalue weighted by Gasteiger charge is 2.52. The number of nitrogens with two attached hydrogens (primary N) is 1. The lowest BCUT2D eigenvalue weighted by Gasteiger charge is -2.34. The number of nitrogens with one attached hydrogen (secondary N) is 1.